The van der Waals surface area contributed by atoms with Crippen LogP contribution in [-0.4, -0.2) is 91.7 Å². The van der Waals surface area contributed by atoms with Gasteiger partial charge in [-0.2, -0.15) is 14.3 Å². The zero-order valence-electron chi connectivity index (χ0n) is 22.5. The van der Waals surface area contributed by atoms with E-state index in [1.807, 2.05) is 0 Å². The van der Waals surface area contributed by atoms with Crippen LogP contribution in [0.5, 0.6) is 0 Å². The number of ether oxygens (including phenoxy) is 3. The SMILES string of the molecule is CC(OP(=O)(O)OC[C@H]1O[C@@H](n2cnc3c(N)ncnc32)C[C@H]1OC[P+](=O)O)[C@@H](OC(O)F)n1cnc2c(=O)[nH]c(N)nc21. The molecule has 21 nitrogen and oxygen atoms in total. The molecule has 0 radical (unpaired) electrons. The lowest BCUT2D eigenvalue weighted by Crippen LogP contribution is -2.31. The molecule has 0 aliphatic carbocycles. The van der Waals surface area contributed by atoms with Crippen LogP contribution >= 0.6 is 15.9 Å². The van der Waals surface area contributed by atoms with Crippen LogP contribution in [0, 0.1) is 0 Å². The van der Waals surface area contributed by atoms with Gasteiger partial charge in [-0.25, -0.2) is 24.5 Å². The Bertz CT molecular complexity index is 1770. The van der Waals surface area contributed by atoms with Crippen molar-refractivity contribution in [2.24, 2.45) is 0 Å². The number of nitrogen functional groups attached to an aromatic ring is 2. The Morgan fingerprint density at radius 1 is 1.25 bits per heavy atom. The topological polar surface area (TPSA) is 300 Å². The Kier molecular flexibility index (Phi) is 9.28. The molecule has 4 unspecified atom stereocenters. The Hall–Kier alpha value is -3.56. The first-order valence-electron chi connectivity index (χ1n) is 12.5. The van der Waals surface area contributed by atoms with Gasteiger partial charge < -0.3 is 30.9 Å². The second-order valence-electron chi connectivity index (χ2n) is 9.30. The van der Waals surface area contributed by atoms with Crippen LogP contribution in [0.15, 0.2) is 23.8 Å². The molecule has 24 heteroatoms. The van der Waals surface area contributed by atoms with E-state index >= 15 is 0 Å². The summed E-state index contributed by atoms with van der Waals surface area (Å²) in [4.78, 5) is 54.1. The Labute approximate surface area is 245 Å². The predicted molar refractivity (Wildman–Crippen MR) is 144 cm³/mol. The normalized spacial score (nSPS) is 22.7. The first kappa shape index (κ1) is 31.9. The van der Waals surface area contributed by atoms with Gasteiger partial charge in [0, 0.05) is 6.42 Å². The van der Waals surface area contributed by atoms with Gasteiger partial charge in [0.05, 0.1) is 25.4 Å². The number of phosphoric acid groups is 1. The number of fused-ring (bicyclic) bond motifs is 2. The van der Waals surface area contributed by atoms with Crippen molar-refractivity contribution < 1.29 is 51.7 Å². The summed E-state index contributed by atoms with van der Waals surface area (Å²) >= 11 is 0. The molecule has 0 spiro atoms. The highest BCUT2D eigenvalue weighted by Crippen LogP contribution is 2.47. The van der Waals surface area contributed by atoms with Crippen molar-refractivity contribution in [2.75, 3.05) is 24.4 Å². The van der Waals surface area contributed by atoms with Gasteiger partial charge in [0.2, 0.25) is 5.95 Å². The average Bonchev–Trinajstić information content (AvgIpc) is 3.66. The molecule has 4 aromatic rings. The van der Waals surface area contributed by atoms with Crippen LogP contribution in [0.4, 0.5) is 16.2 Å². The van der Waals surface area contributed by atoms with Gasteiger partial charge >= 0.3 is 22.4 Å². The number of hydrogen-bond acceptors (Lipinski definition) is 16. The number of halogens is 1. The lowest BCUT2D eigenvalue weighted by molar-refractivity contribution is -0.246. The number of alkyl halides is 1. The largest absolute Gasteiger partial charge is 0.534 e. The highest BCUT2D eigenvalue weighted by Gasteiger charge is 2.42. The monoisotopic (exact) mass is 663 g/mol. The van der Waals surface area contributed by atoms with Crippen LogP contribution in [-0.2, 0) is 32.4 Å². The number of rotatable bonds is 13. The molecule has 1 aliphatic heterocycles. The number of nitrogens with zero attached hydrogens (tertiary/aromatic N) is 7. The molecular weight excluding hydrogens is 637 g/mol. The fraction of sp³-hybridized carbons (Fsp3) is 0.500. The number of phosphoric ester groups is 1. The number of H-pyrrole nitrogens is 1. The van der Waals surface area contributed by atoms with Crippen molar-refractivity contribution in [1.29, 1.82) is 0 Å². The van der Waals surface area contributed by atoms with Gasteiger partial charge in [0.15, 0.2) is 28.9 Å². The van der Waals surface area contributed by atoms with Crippen LogP contribution in [0.1, 0.15) is 25.8 Å². The maximum atomic E-state index is 13.6. The van der Waals surface area contributed by atoms with Crippen molar-refractivity contribution in [3.8, 4) is 0 Å². The van der Waals surface area contributed by atoms with Gasteiger partial charge in [0.25, 0.3) is 11.9 Å². The third kappa shape index (κ3) is 6.89. The number of anilines is 2. The van der Waals surface area contributed by atoms with E-state index in [0.29, 0.717) is 11.2 Å². The zero-order valence-corrected chi connectivity index (χ0v) is 24.3. The molecule has 5 rings (SSSR count). The number of aromatic nitrogens is 8. The summed E-state index contributed by atoms with van der Waals surface area (Å²) in [6.45, 7) is -2.32. The van der Waals surface area contributed by atoms with Gasteiger partial charge in [-0.1, -0.05) is 0 Å². The second-order valence-corrected chi connectivity index (χ2v) is 11.7. The summed E-state index contributed by atoms with van der Waals surface area (Å²) in [7, 11) is -7.68. The minimum Gasteiger partial charge on any atom is -0.382 e. The van der Waals surface area contributed by atoms with Gasteiger partial charge in [-0.3, -0.25) is 32.7 Å². The predicted octanol–water partition coefficient (Wildman–Crippen LogP) is -0.229. The van der Waals surface area contributed by atoms with Crippen molar-refractivity contribution in [3.05, 3.63) is 29.3 Å². The third-order valence-corrected chi connectivity index (χ3v) is 7.80. The molecule has 0 aromatic carbocycles. The van der Waals surface area contributed by atoms with Gasteiger partial charge in [-0.15, -0.1) is 0 Å². The first-order valence-corrected chi connectivity index (χ1v) is 15.4. The fourth-order valence-corrected chi connectivity index (χ4v) is 5.78. The van der Waals surface area contributed by atoms with E-state index in [-0.39, 0.29) is 29.4 Å². The van der Waals surface area contributed by atoms with E-state index in [4.69, 9.17) is 34.7 Å². The summed E-state index contributed by atoms with van der Waals surface area (Å²) < 4.78 is 66.9. The van der Waals surface area contributed by atoms with E-state index in [9.17, 15) is 33.2 Å². The minimum atomic E-state index is -5.00. The molecule has 4 aromatic heterocycles. The van der Waals surface area contributed by atoms with E-state index in [0.717, 1.165) is 10.9 Å². The molecule has 44 heavy (non-hydrogen) atoms. The maximum absolute atomic E-state index is 13.6. The minimum absolute atomic E-state index is 0.0901. The number of aliphatic hydroxyl groups excluding tert-OH is 1. The third-order valence-electron chi connectivity index (χ3n) is 6.36. The van der Waals surface area contributed by atoms with Crippen molar-refractivity contribution >= 4 is 49.9 Å². The van der Waals surface area contributed by atoms with Crippen LogP contribution in [0.2, 0.25) is 0 Å². The zero-order chi connectivity index (χ0) is 31.8. The molecule has 5 heterocycles. The molecule has 0 amide bonds. The molecular formula is C20H26FN10O11P2+. The molecule has 0 bridgehead atoms. The molecule has 238 valence electrons. The molecule has 1 aliphatic rings. The molecule has 8 N–H and O–H groups in total. The number of aromatic amines is 1. The van der Waals surface area contributed by atoms with Gasteiger partial charge in [-0.05, 0) is 11.5 Å². The molecule has 1 saturated heterocycles. The van der Waals surface area contributed by atoms with Crippen molar-refractivity contribution in [2.45, 2.75) is 50.7 Å². The smallest absolute Gasteiger partial charge is 0.382 e. The van der Waals surface area contributed by atoms with Crippen LogP contribution in [0.25, 0.3) is 22.3 Å². The number of aliphatic hydroxyl groups is 1. The fourth-order valence-electron chi connectivity index (χ4n) is 4.54. The van der Waals surface area contributed by atoms with Crippen molar-refractivity contribution in [3.63, 3.8) is 0 Å². The number of nitrogens with one attached hydrogen (secondary N) is 1. The molecule has 8 atom stereocenters. The lowest BCUT2D eigenvalue weighted by Gasteiger charge is -2.27. The Morgan fingerprint density at radius 2 is 2.00 bits per heavy atom. The summed E-state index contributed by atoms with van der Waals surface area (Å²) in [6, 6.07) is 0. The Balaban J connectivity index is 1.31. The number of nitrogens with two attached hydrogens (primary N) is 2. The average molecular weight is 663 g/mol. The Morgan fingerprint density at radius 3 is 2.73 bits per heavy atom. The quantitative estimate of drug-likeness (QED) is 0.0795. The highest BCUT2D eigenvalue weighted by atomic mass is 31.2. The van der Waals surface area contributed by atoms with E-state index < -0.39 is 71.7 Å². The van der Waals surface area contributed by atoms with Crippen LogP contribution < -0.4 is 17.0 Å². The van der Waals surface area contributed by atoms with E-state index in [1.165, 1.54) is 24.1 Å². The first-order chi connectivity index (χ1) is 20.8. The highest BCUT2D eigenvalue weighted by molar-refractivity contribution is 7.47. The lowest BCUT2D eigenvalue weighted by atomic mass is 10.2. The van der Waals surface area contributed by atoms with Crippen LogP contribution in [0.3, 0.4) is 0 Å². The number of hydrogen-bond donors (Lipinski definition) is 6. The second kappa shape index (κ2) is 12.8. The standard InChI is InChI=1S/C20H25FN10O11P2/c1-8(18(41-19(21)33)31-6-27-13-16(31)28-20(23)29-17(13)32)42-44(36,37)39-3-10-9(38-7-43(34)35)2-11(40-10)30-5-26-12-14(22)24-4-25-15(12)30/h4-6,8-11,18-19,33H,2-3,7H2,1H3,(H6-,22,23,24,25,28,29,32,34,35,36,37)/p+1/t8?,9-,10-,11-,18-,19?/m1/s1. The summed E-state index contributed by atoms with van der Waals surface area (Å²) in [5.74, 6) is -0.188. The van der Waals surface area contributed by atoms with Gasteiger partial charge in [0.1, 0.15) is 30.3 Å². The summed E-state index contributed by atoms with van der Waals surface area (Å²) in [5, 5.41) is 9.26. The summed E-state index contributed by atoms with van der Waals surface area (Å²) in [5.41, 5.74) is 10.9. The number of imidazole rings is 2. The molecule has 1 fully saturated rings. The van der Waals surface area contributed by atoms with E-state index in [1.54, 1.807) is 0 Å². The molecule has 0 saturated carbocycles. The van der Waals surface area contributed by atoms with E-state index in [2.05, 4.69) is 29.9 Å². The summed E-state index contributed by atoms with van der Waals surface area (Å²) in [6.07, 6.45) is -2.85. The maximum Gasteiger partial charge on any atom is 0.534 e. The van der Waals surface area contributed by atoms with Crippen molar-refractivity contribution in [1.82, 2.24) is 39.0 Å².